The van der Waals surface area contributed by atoms with Gasteiger partial charge in [-0.15, -0.1) is 11.3 Å². The Kier molecular flexibility index (Phi) is 5.77. The first kappa shape index (κ1) is 16.9. The third-order valence-corrected chi connectivity index (χ3v) is 5.40. The van der Waals surface area contributed by atoms with Gasteiger partial charge in [0, 0.05) is 22.4 Å². The van der Waals surface area contributed by atoms with Crippen molar-refractivity contribution < 1.29 is 4.79 Å². The lowest BCUT2D eigenvalue weighted by Crippen LogP contribution is -2.34. The SMILES string of the molecule is CC(CCc1ccccc1)NC(=O)Cc1csc(-c2ccsc2)n1. The predicted molar refractivity (Wildman–Crippen MR) is 101 cm³/mol. The van der Waals surface area contributed by atoms with Crippen molar-refractivity contribution >= 4 is 28.6 Å². The van der Waals surface area contributed by atoms with E-state index in [4.69, 9.17) is 0 Å². The molecule has 0 bridgehead atoms. The second-order valence-electron chi connectivity index (χ2n) is 5.83. The van der Waals surface area contributed by atoms with Gasteiger partial charge in [-0.2, -0.15) is 11.3 Å². The summed E-state index contributed by atoms with van der Waals surface area (Å²) in [6.07, 6.45) is 2.25. The Morgan fingerprint density at radius 2 is 2.04 bits per heavy atom. The maximum atomic E-state index is 12.2. The molecule has 2 heterocycles. The molecule has 0 fully saturated rings. The van der Waals surface area contributed by atoms with Crippen molar-refractivity contribution in [3.05, 3.63) is 63.8 Å². The quantitative estimate of drug-likeness (QED) is 0.675. The third kappa shape index (κ3) is 4.76. The number of aryl methyl sites for hydroxylation is 1. The van der Waals surface area contributed by atoms with Gasteiger partial charge in [0.25, 0.3) is 0 Å². The summed E-state index contributed by atoms with van der Waals surface area (Å²) in [5.74, 6) is 0.0396. The van der Waals surface area contributed by atoms with Crippen LogP contribution in [0.4, 0.5) is 0 Å². The molecule has 1 amide bonds. The number of amides is 1. The van der Waals surface area contributed by atoms with Gasteiger partial charge in [-0.25, -0.2) is 4.98 Å². The molecule has 0 radical (unpaired) electrons. The molecular formula is C19H20N2OS2. The molecule has 3 rings (SSSR count). The largest absolute Gasteiger partial charge is 0.353 e. The van der Waals surface area contributed by atoms with Crippen molar-refractivity contribution in [3.8, 4) is 10.6 Å². The molecule has 0 spiro atoms. The zero-order chi connectivity index (χ0) is 16.8. The van der Waals surface area contributed by atoms with E-state index in [1.54, 1.807) is 22.7 Å². The Balaban J connectivity index is 1.47. The number of carbonyl (C=O) groups excluding carboxylic acids is 1. The standard InChI is InChI=1S/C19H20N2OS2/c1-14(7-8-15-5-3-2-4-6-15)20-18(22)11-17-13-24-19(21-17)16-9-10-23-12-16/h2-6,9-10,12-14H,7-8,11H2,1H3,(H,20,22). The lowest BCUT2D eigenvalue weighted by atomic mass is 10.1. The minimum atomic E-state index is 0.0396. The number of thiazole rings is 1. The van der Waals surface area contributed by atoms with Gasteiger partial charge in [0.15, 0.2) is 0 Å². The molecule has 0 saturated carbocycles. The van der Waals surface area contributed by atoms with Gasteiger partial charge in [0.1, 0.15) is 5.01 Å². The maximum Gasteiger partial charge on any atom is 0.226 e. The van der Waals surface area contributed by atoms with Gasteiger partial charge >= 0.3 is 0 Å². The van der Waals surface area contributed by atoms with Crippen molar-refractivity contribution in [2.24, 2.45) is 0 Å². The first-order valence-electron chi connectivity index (χ1n) is 8.01. The fraction of sp³-hybridized carbons (Fsp3) is 0.263. The summed E-state index contributed by atoms with van der Waals surface area (Å²) in [4.78, 5) is 16.7. The normalized spacial score (nSPS) is 12.0. The molecule has 1 atom stereocenters. The Labute approximate surface area is 150 Å². The Hall–Kier alpha value is -1.98. The zero-order valence-electron chi connectivity index (χ0n) is 13.6. The van der Waals surface area contributed by atoms with Crippen LogP contribution in [0.15, 0.2) is 52.5 Å². The van der Waals surface area contributed by atoms with Crippen LogP contribution in [0.3, 0.4) is 0 Å². The van der Waals surface area contributed by atoms with Crippen LogP contribution in [0, 0.1) is 0 Å². The second-order valence-corrected chi connectivity index (χ2v) is 7.46. The summed E-state index contributed by atoms with van der Waals surface area (Å²) in [5.41, 5.74) is 3.28. The van der Waals surface area contributed by atoms with Gasteiger partial charge in [0.05, 0.1) is 12.1 Å². The molecule has 1 N–H and O–H groups in total. The molecule has 3 nitrogen and oxygen atoms in total. The molecule has 124 valence electrons. The molecule has 2 aromatic heterocycles. The number of hydrogen-bond acceptors (Lipinski definition) is 4. The second kappa shape index (κ2) is 8.22. The smallest absolute Gasteiger partial charge is 0.226 e. The van der Waals surface area contributed by atoms with E-state index in [2.05, 4.69) is 40.8 Å². The number of nitrogens with zero attached hydrogens (tertiary/aromatic N) is 1. The van der Waals surface area contributed by atoms with E-state index in [1.807, 2.05) is 29.0 Å². The maximum absolute atomic E-state index is 12.2. The molecule has 1 aromatic carbocycles. The van der Waals surface area contributed by atoms with Crippen LogP contribution in [-0.2, 0) is 17.6 Å². The predicted octanol–water partition coefficient (Wildman–Crippen LogP) is 4.55. The highest BCUT2D eigenvalue weighted by Gasteiger charge is 2.11. The van der Waals surface area contributed by atoms with Crippen LogP contribution in [0.25, 0.3) is 10.6 Å². The first-order chi connectivity index (χ1) is 11.7. The fourth-order valence-electron chi connectivity index (χ4n) is 2.50. The Morgan fingerprint density at radius 1 is 1.21 bits per heavy atom. The molecule has 0 aliphatic rings. The number of carbonyl (C=O) groups is 1. The summed E-state index contributed by atoms with van der Waals surface area (Å²) in [6, 6.07) is 12.6. The molecule has 3 aromatic rings. The van der Waals surface area contributed by atoms with Crippen LogP contribution in [0.2, 0.25) is 0 Å². The molecule has 0 saturated heterocycles. The van der Waals surface area contributed by atoms with Gasteiger partial charge in [-0.3, -0.25) is 4.79 Å². The molecule has 0 aliphatic heterocycles. The number of hydrogen-bond donors (Lipinski definition) is 1. The summed E-state index contributed by atoms with van der Waals surface area (Å²) in [5, 5.41) is 10.1. The lowest BCUT2D eigenvalue weighted by Gasteiger charge is -2.13. The van der Waals surface area contributed by atoms with E-state index in [0.717, 1.165) is 29.1 Å². The van der Waals surface area contributed by atoms with Crippen LogP contribution in [-0.4, -0.2) is 16.9 Å². The van der Waals surface area contributed by atoms with E-state index < -0.39 is 0 Å². The monoisotopic (exact) mass is 356 g/mol. The van der Waals surface area contributed by atoms with E-state index in [-0.39, 0.29) is 11.9 Å². The first-order valence-corrected chi connectivity index (χ1v) is 9.83. The summed E-state index contributed by atoms with van der Waals surface area (Å²) in [7, 11) is 0. The molecule has 24 heavy (non-hydrogen) atoms. The van der Waals surface area contributed by atoms with E-state index in [0.29, 0.717) is 6.42 Å². The van der Waals surface area contributed by atoms with Gasteiger partial charge < -0.3 is 5.32 Å². The molecule has 1 unspecified atom stereocenters. The van der Waals surface area contributed by atoms with E-state index in [9.17, 15) is 4.79 Å². The number of aromatic nitrogens is 1. The number of thiophene rings is 1. The molecule has 0 aliphatic carbocycles. The molecular weight excluding hydrogens is 336 g/mol. The van der Waals surface area contributed by atoms with Crippen molar-refractivity contribution in [1.29, 1.82) is 0 Å². The summed E-state index contributed by atoms with van der Waals surface area (Å²) in [6.45, 7) is 2.05. The van der Waals surface area contributed by atoms with Gasteiger partial charge in [0.2, 0.25) is 5.91 Å². The van der Waals surface area contributed by atoms with Crippen LogP contribution < -0.4 is 5.32 Å². The number of rotatable bonds is 7. The Morgan fingerprint density at radius 3 is 2.79 bits per heavy atom. The summed E-state index contributed by atoms with van der Waals surface area (Å²) < 4.78 is 0. The van der Waals surface area contributed by atoms with Crippen molar-refractivity contribution in [3.63, 3.8) is 0 Å². The zero-order valence-corrected chi connectivity index (χ0v) is 15.2. The van der Waals surface area contributed by atoms with Crippen LogP contribution in [0.5, 0.6) is 0 Å². The fourth-order valence-corrected chi connectivity index (χ4v) is 4.03. The number of nitrogens with one attached hydrogen (secondary N) is 1. The van der Waals surface area contributed by atoms with Crippen molar-refractivity contribution in [2.45, 2.75) is 32.2 Å². The number of benzene rings is 1. The highest BCUT2D eigenvalue weighted by atomic mass is 32.1. The van der Waals surface area contributed by atoms with Gasteiger partial charge in [-0.05, 0) is 36.8 Å². The van der Waals surface area contributed by atoms with Crippen LogP contribution >= 0.6 is 22.7 Å². The third-order valence-electron chi connectivity index (χ3n) is 3.78. The average Bonchev–Trinajstić information content (AvgIpc) is 3.25. The highest BCUT2D eigenvalue weighted by Crippen LogP contribution is 2.25. The van der Waals surface area contributed by atoms with E-state index in [1.165, 1.54) is 5.56 Å². The minimum Gasteiger partial charge on any atom is -0.353 e. The summed E-state index contributed by atoms with van der Waals surface area (Å²) >= 11 is 3.25. The molecule has 5 heteroatoms. The van der Waals surface area contributed by atoms with Crippen molar-refractivity contribution in [2.75, 3.05) is 0 Å². The van der Waals surface area contributed by atoms with Crippen molar-refractivity contribution in [1.82, 2.24) is 10.3 Å². The minimum absolute atomic E-state index is 0.0396. The van der Waals surface area contributed by atoms with E-state index >= 15 is 0 Å². The van der Waals surface area contributed by atoms with Crippen LogP contribution in [0.1, 0.15) is 24.6 Å². The highest BCUT2D eigenvalue weighted by molar-refractivity contribution is 7.14. The Bertz CT molecular complexity index is 766. The van der Waals surface area contributed by atoms with Gasteiger partial charge in [-0.1, -0.05) is 30.3 Å². The average molecular weight is 357 g/mol. The topological polar surface area (TPSA) is 42.0 Å². The lowest BCUT2D eigenvalue weighted by molar-refractivity contribution is -0.121.